The summed E-state index contributed by atoms with van der Waals surface area (Å²) in [6.45, 7) is 3.51. The lowest BCUT2D eigenvalue weighted by atomic mass is 10.2. The van der Waals surface area contributed by atoms with Gasteiger partial charge >= 0.3 is 5.97 Å². The molecule has 6 nitrogen and oxygen atoms in total. The van der Waals surface area contributed by atoms with Gasteiger partial charge in [0.2, 0.25) is 0 Å². The summed E-state index contributed by atoms with van der Waals surface area (Å²) in [5.41, 5.74) is 1.92. The van der Waals surface area contributed by atoms with Gasteiger partial charge in [0.05, 0.1) is 30.6 Å². The van der Waals surface area contributed by atoms with Crippen LogP contribution in [0.1, 0.15) is 29.4 Å². The molecule has 0 bridgehead atoms. The minimum absolute atomic E-state index is 0.223. The van der Waals surface area contributed by atoms with Gasteiger partial charge in [-0.25, -0.2) is 4.79 Å². The number of carboxylic acid groups (broad SMARTS) is 1. The quantitative estimate of drug-likeness (QED) is 0.819. The predicted octanol–water partition coefficient (Wildman–Crippen LogP) is 2.61. The minimum atomic E-state index is -0.961. The smallest absolute Gasteiger partial charge is 0.335 e. The normalized spacial score (nSPS) is 10.4. The van der Waals surface area contributed by atoms with Gasteiger partial charge in [-0.3, -0.25) is 4.68 Å². The molecule has 0 radical (unpaired) electrons. The van der Waals surface area contributed by atoms with E-state index in [1.165, 1.54) is 6.07 Å². The minimum Gasteiger partial charge on any atom is -0.495 e. The maximum Gasteiger partial charge on any atom is 0.335 e. The summed E-state index contributed by atoms with van der Waals surface area (Å²) in [7, 11) is 1.56. The first-order valence-electron chi connectivity index (χ1n) is 6.81. The average Bonchev–Trinajstić information content (AvgIpc) is 2.92. The third kappa shape index (κ3) is 3.53. The zero-order valence-corrected chi connectivity index (χ0v) is 12.2. The number of aryl methyl sites for hydroxylation is 1. The molecule has 112 valence electrons. The molecule has 0 atom stereocenters. The average molecular weight is 289 g/mol. The van der Waals surface area contributed by atoms with Crippen LogP contribution in [-0.2, 0) is 13.1 Å². The van der Waals surface area contributed by atoms with E-state index in [1.807, 2.05) is 10.7 Å². The SMILES string of the molecule is CCCn1nccc1CNc1cc(C(=O)O)ccc1OC. The summed E-state index contributed by atoms with van der Waals surface area (Å²) in [5.74, 6) is -0.349. The van der Waals surface area contributed by atoms with Crippen LogP contribution in [0, 0.1) is 0 Å². The number of carbonyl (C=O) groups is 1. The summed E-state index contributed by atoms with van der Waals surface area (Å²) in [4.78, 5) is 11.0. The lowest BCUT2D eigenvalue weighted by Crippen LogP contribution is -2.10. The van der Waals surface area contributed by atoms with Gasteiger partial charge in [-0.05, 0) is 30.7 Å². The van der Waals surface area contributed by atoms with Gasteiger partial charge in [0.1, 0.15) is 5.75 Å². The number of anilines is 1. The van der Waals surface area contributed by atoms with Crippen LogP contribution in [0.5, 0.6) is 5.75 Å². The molecular weight excluding hydrogens is 270 g/mol. The Kier molecular flexibility index (Phi) is 4.81. The molecule has 1 heterocycles. The number of nitrogens with zero attached hydrogens (tertiary/aromatic N) is 2. The first kappa shape index (κ1) is 14.9. The molecule has 0 aliphatic rings. The van der Waals surface area contributed by atoms with Crippen LogP contribution in [-0.4, -0.2) is 28.0 Å². The molecular formula is C15H19N3O3. The molecule has 0 spiro atoms. The highest BCUT2D eigenvalue weighted by Gasteiger charge is 2.09. The van der Waals surface area contributed by atoms with E-state index in [-0.39, 0.29) is 5.56 Å². The molecule has 0 aliphatic heterocycles. The first-order chi connectivity index (χ1) is 10.2. The van der Waals surface area contributed by atoms with Crippen molar-refractivity contribution >= 4 is 11.7 Å². The Hall–Kier alpha value is -2.50. The van der Waals surface area contributed by atoms with Gasteiger partial charge in [-0.2, -0.15) is 5.10 Å². The number of aromatic nitrogens is 2. The summed E-state index contributed by atoms with van der Waals surface area (Å²) < 4.78 is 7.18. The number of nitrogens with one attached hydrogen (secondary N) is 1. The van der Waals surface area contributed by atoms with E-state index in [0.29, 0.717) is 18.0 Å². The summed E-state index contributed by atoms with van der Waals surface area (Å²) >= 11 is 0. The van der Waals surface area contributed by atoms with Crippen molar-refractivity contribution < 1.29 is 14.6 Å². The largest absolute Gasteiger partial charge is 0.495 e. The fourth-order valence-electron chi connectivity index (χ4n) is 2.09. The number of aromatic carboxylic acids is 1. The number of methoxy groups -OCH3 is 1. The van der Waals surface area contributed by atoms with Crippen LogP contribution in [0.25, 0.3) is 0 Å². The van der Waals surface area contributed by atoms with Gasteiger partial charge in [-0.1, -0.05) is 6.92 Å². The molecule has 1 aromatic heterocycles. The molecule has 6 heteroatoms. The molecule has 0 fully saturated rings. The van der Waals surface area contributed by atoms with Crippen LogP contribution >= 0.6 is 0 Å². The highest BCUT2D eigenvalue weighted by molar-refractivity contribution is 5.89. The maximum absolute atomic E-state index is 11.0. The topological polar surface area (TPSA) is 76.4 Å². The monoisotopic (exact) mass is 289 g/mol. The second-order valence-electron chi connectivity index (χ2n) is 4.62. The van der Waals surface area contributed by atoms with E-state index in [1.54, 1.807) is 25.4 Å². The summed E-state index contributed by atoms with van der Waals surface area (Å²) in [5, 5.41) is 16.5. The van der Waals surface area contributed by atoms with Crippen molar-refractivity contribution in [2.45, 2.75) is 26.4 Å². The second kappa shape index (κ2) is 6.78. The first-order valence-corrected chi connectivity index (χ1v) is 6.81. The van der Waals surface area contributed by atoms with Crippen LogP contribution in [0.15, 0.2) is 30.5 Å². The van der Waals surface area contributed by atoms with Crippen molar-refractivity contribution in [3.63, 3.8) is 0 Å². The fraction of sp³-hybridized carbons (Fsp3) is 0.333. The molecule has 21 heavy (non-hydrogen) atoms. The molecule has 0 amide bonds. The zero-order chi connectivity index (χ0) is 15.2. The molecule has 2 rings (SSSR count). The van der Waals surface area contributed by atoms with Gasteiger partial charge in [0, 0.05) is 12.7 Å². The molecule has 2 N–H and O–H groups in total. The Morgan fingerprint density at radius 3 is 2.90 bits per heavy atom. The summed E-state index contributed by atoms with van der Waals surface area (Å²) in [6, 6.07) is 6.68. The maximum atomic E-state index is 11.0. The highest BCUT2D eigenvalue weighted by Crippen LogP contribution is 2.26. The second-order valence-corrected chi connectivity index (χ2v) is 4.62. The molecule has 2 aromatic rings. The molecule has 0 saturated carbocycles. The highest BCUT2D eigenvalue weighted by atomic mass is 16.5. The predicted molar refractivity (Wildman–Crippen MR) is 79.8 cm³/mol. The van der Waals surface area contributed by atoms with Crippen LogP contribution in [0.3, 0.4) is 0 Å². The van der Waals surface area contributed by atoms with Crippen molar-refractivity contribution in [2.24, 2.45) is 0 Å². The molecule has 0 aliphatic carbocycles. The van der Waals surface area contributed by atoms with Crippen LogP contribution in [0.2, 0.25) is 0 Å². The fourth-order valence-corrected chi connectivity index (χ4v) is 2.09. The summed E-state index contributed by atoms with van der Waals surface area (Å²) in [6.07, 6.45) is 2.77. The number of hydrogen-bond donors (Lipinski definition) is 2. The van der Waals surface area contributed by atoms with Gasteiger partial charge in [0.15, 0.2) is 0 Å². The molecule has 1 aromatic carbocycles. The van der Waals surface area contributed by atoms with E-state index >= 15 is 0 Å². The number of rotatable bonds is 7. The van der Waals surface area contributed by atoms with Crippen molar-refractivity contribution in [2.75, 3.05) is 12.4 Å². The zero-order valence-electron chi connectivity index (χ0n) is 12.2. The van der Waals surface area contributed by atoms with Crippen molar-refractivity contribution in [3.05, 3.63) is 41.7 Å². The van der Waals surface area contributed by atoms with Crippen LogP contribution < -0.4 is 10.1 Å². The molecule has 0 unspecified atom stereocenters. The van der Waals surface area contributed by atoms with Crippen molar-refractivity contribution in [1.82, 2.24) is 9.78 Å². The van der Waals surface area contributed by atoms with E-state index in [2.05, 4.69) is 17.3 Å². The Morgan fingerprint density at radius 2 is 2.24 bits per heavy atom. The standard InChI is InChI=1S/C15H19N3O3/c1-3-8-18-12(6-7-17-18)10-16-13-9-11(15(19)20)4-5-14(13)21-2/h4-7,9,16H,3,8,10H2,1-2H3,(H,19,20). The third-order valence-electron chi connectivity index (χ3n) is 3.15. The van der Waals surface area contributed by atoms with Crippen molar-refractivity contribution in [3.8, 4) is 5.75 Å². The lowest BCUT2D eigenvalue weighted by Gasteiger charge is -2.13. The third-order valence-corrected chi connectivity index (χ3v) is 3.15. The Bertz CT molecular complexity index is 622. The Labute approximate surface area is 123 Å². The number of carboxylic acids is 1. The van der Waals surface area contributed by atoms with E-state index in [0.717, 1.165) is 18.7 Å². The van der Waals surface area contributed by atoms with Crippen molar-refractivity contribution in [1.29, 1.82) is 0 Å². The molecule has 0 saturated heterocycles. The lowest BCUT2D eigenvalue weighted by molar-refractivity contribution is 0.0697. The Morgan fingerprint density at radius 1 is 1.43 bits per heavy atom. The van der Waals surface area contributed by atoms with E-state index < -0.39 is 5.97 Å². The van der Waals surface area contributed by atoms with E-state index in [9.17, 15) is 4.79 Å². The van der Waals surface area contributed by atoms with Gasteiger partial charge in [-0.15, -0.1) is 0 Å². The number of hydrogen-bond acceptors (Lipinski definition) is 4. The van der Waals surface area contributed by atoms with Crippen LogP contribution in [0.4, 0.5) is 5.69 Å². The van der Waals surface area contributed by atoms with Gasteiger partial charge < -0.3 is 15.2 Å². The number of ether oxygens (including phenoxy) is 1. The van der Waals surface area contributed by atoms with E-state index in [4.69, 9.17) is 9.84 Å². The number of benzene rings is 1. The van der Waals surface area contributed by atoms with Gasteiger partial charge in [0.25, 0.3) is 0 Å². The Balaban J connectivity index is 2.16.